The van der Waals surface area contributed by atoms with Gasteiger partial charge in [0.1, 0.15) is 0 Å². The predicted molar refractivity (Wildman–Crippen MR) is 61.1 cm³/mol. The van der Waals surface area contributed by atoms with E-state index in [9.17, 15) is 0 Å². The molecule has 0 bridgehead atoms. The molecule has 1 aromatic rings. The molecule has 90 valence electrons. The average Bonchev–Trinajstić information content (AvgIpc) is 2.73. The quantitative estimate of drug-likeness (QED) is 0.803. The molecule has 2 rings (SSSR count). The van der Waals surface area contributed by atoms with Crippen molar-refractivity contribution in [2.24, 2.45) is 13.0 Å². The fourth-order valence-corrected chi connectivity index (χ4v) is 2.30. The van der Waals surface area contributed by atoms with Crippen molar-refractivity contribution in [1.29, 1.82) is 0 Å². The smallest absolute Gasteiger partial charge is 0.0842 e. The minimum atomic E-state index is 0.442. The Kier molecular flexibility index (Phi) is 3.90. The largest absolute Gasteiger partial charge is 0.381 e. The first-order chi connectivity index (χ1) is 7.79. The molecule has 5 nitrogen and oxygen atoms in total. The molecule has 0 amide bonds. The summed E-state index contributed by atoms with van der Waals surface area (Å²) in [5.41, 5.74) is 1.05. The lowest BCUT2D eigenvalue weighted by Crippen LogP contribution is -2.39. The molecule has 2 unspecified atom stereocenters. The summed E-state index contributed by atoms with van der Waals surface area (Å²) in [7, 11) is 3.91. The summed E-state index contributed by atoms with van der Waals surface area (Å²) < 4.78 is 7.28. The summed E-state index contributed by atoms with van der Waals surface area (Å²) in [6, 6.07) is 0.442. The van der Waals surface area contributed by atoms with Crippen LogP contribution in [0.2, 0.25) is 0 Å². The van der Waals surface area contributed by atoms with Gasteiger partial charge in [0.15, 0.2) is 0 Å². The highest BCUT2D eigenvalue weighted by Crippen LogP contribution is 2.19. The van der Waals surface area contributed by atoms with Gasteiger partial charge in [-0.2, -0.15) is 0 Å². The van der Waals surface area contributed by atoms with Crippen LogP contribution in [-0.4, -0.2) is 41.3 Å². The zero-order valence-corrected chi connectivity index (χ0v) is 10.0. The highest BCUT2D eigenvalue weighted by molar-refractivity contribution is 4.97. The number of aryl methyl sites for hydroxylation is 1. The van der Waals surface area contributed by atoms with E-state index in [1.807, 2.05) is 20.3 Å². The predicted octanol–water partition coefficient (Wildman–Crippen LogP) is 0.372. The summed E-state index contributed by atoms with van der Waals surface area (Å²) in [6.07, 6.45) is 5.32. The molecule has 16 heavy (non-hydrogen) atoms. The van der Waals surface area contributed by atoms with Crippen molar-refractivity contribution in [3.63, 3.8) is 0 Å². The molecule has 0 aromatic carbocycles. The van der Waals surface area contributed by atoms with Crippen molar-refractivity contribution in [3.8, 4) is 0 Å². The topological polar surface area (TPSA) is 52.0 Å². The summed E-state index contributed by atoms with van der Waals surface area (Å²) in [4.78, 5) is 0. The number of likely N-dealkylation sites (N-methyl/N-ethyl adjacent to an activating group) is 1. The third-order valence-corrected chi connectivity index (χ3v) is 3.21. The zero-order chi connectivity index (χ0) is 11.4. The molecule has 2 heterocycles. The molecule has 1 aliphatic rings. The lowest BCUT2D eigenvalue weighted by atomic mass is 9.91. The molecule has 1 fully saturated rings. The number of aromatic nitrogens is 3. The van der Waals surface area contributed by atoms with Gasteiger partial charge < -0.3 is 10.1 Å². The third kappa shape index (κ3) is 2.80. The van der Waals surface area contributed by atoms with E-state index in [1.165, 1.54) is 12.8 Å². The molecular weight excluding hydrogens is 204 g/mol. The second kappa shape index (κ2) is 5.41. The first-order valence-corrected chi connectivity index (χ1v) is 5.90. The SMILES string of the molecule is CNC(Cc1cn(C)nn1)C1CCCOC1. The summed E-state index contributed by atoms with van der Waals surface area (Å²) in [5, 5.41) is 11.5. The fraction of sp³-hybridized carbons (Fsp3) is 0.818. The Balaban J connectivity index is 1.94. The van der Waals surface area contributed by atoms with Gasteiger partial charge in [0.25, 0.3) is 0 Å². The first kappa shape index (κ1) is 11.5. The van der Waals surface area contributed by atoms with Gasteiger partial charge in [-0.3, -0.25) is 4.68 Å². The Labute approximate surface area is 96.2 Å². The molecule has 5 heteroatoms. The summed E-state index contributed by atoms with van der Waals surface area (Å²) in [6.45, 7) is 1.78. The van der Waals surface area contributed by atoms with Crippen LogP contribution in [0.25, 0.3) is 0 Å². The minimum absolute atomic E-state index is 0.442. The molecule has 0 spiro atoms. The average molecular weight is 224 g/mol. The van der Waals surface area contributed by atoms with E-state index in [1.54, 1.807) is 4.68 Å². The van der Waals surface area contributed by atoms with Gasteiger partial charge in [-0.1, -0.05) is 5.21 Å². The van der Waals surface area contributed by atoms with Crippen LogP contribution in [0, 0.1) is 5.92 Å². The van der Waals surface area contributed by atoms with Crippen molar-refractivity contribution >= 4 is 0 Å². The molecule has 0 saturated carbocycles. The van der Waals surface area contributed by atoms with Crippen LogP contribution < -0.4 is 5.32 Å². The van der Waals surface area contributed by atoms with E-state index in [0.717, 1.165) is 25.3 Å². The molecule has 0 aliphatic carbocycles. The van der Waals surface area contributed by atoms with Crippen LogP contribution in [0.1, 0.15) is 18.5 Å². The molecule has 2 atom stereocenters. The zero-order valence-electron chi connectivity index (χ0n) is 10.0. The Morgan fingerprint density at radius 2 is 2.56 bits per heavy atom. The Morgan fingerprint density at radius 1 is 1.69 bits per heavy atom. The van der Waals surface area contributed by atoms with Gasteiger partial charge in [0, 0.05) is 32.3 Å². The fourth-order valence-electron chi connectivity index (χ4n) is 2.30. The Morgan fingerprint density at radius 3 is 3.12 bits per heavy atom. The second-order valence-corrected chi connectivity index (χ2v) is 4.46. The molecular formula is C11H20N4O. The van der Waals surface area contributed by atoms with Crippen molar-refractivity contribution in [2.75, 3.05) is 20.3 Å². The monoisotopic (exact) mass is 224 g/mol. The van der Waals surface area contributed by atoms with E-state index >= 15 is 0 Å². The van der Waals surface area contributed by atoms with E-state index in [4.69, 9.17) is 4.74 Å². The molecule has 1 aromatic heterocycles. The van der Waals surface area contributed by atoms with Crippen LogP contribution in [0.3, 0.4) is 0 Å². The second-order valence-electron chi connectivity index (χ2n) is 4.46. The first-order valence-electron chi connectivity index (χ1n) is 5.90. The molecule has 1 N–H and O–H groups in total. The molecule has 0 radical (unpaired) electrons. The molecule has 1 aliphatic heterocycles. The van der Waals surface area contributed by atoms with Gasteiger partial charge in [0.05, 0.1) is 12.3 Å². The van der Waals surface area contributed by atoms with Gasteiger partial charge in [0.2, 0.25) is 0 Å². The van der Waals surface area contributed by atoms with Crippen LogP contribution in [-0.2, 0) is 18.2 Å². The maximum absolute atomic E-state index is 5.53. The van der Waals surface area contributed by atoms with E-state index < -0.39 is 0 Å². The Bertz CT molecular complexity index is 320. The number of hydrogen-bond acceptors (Lipinski definition) is 4. The van der Waals surface area contributed by atoms with E-state index in [2.05, 4.69) is 15.6 Å². The molecule has 1 saturated heterocycles. The van der Waals surface area contributed by atoms with Crippen LogP contribution >= 0.6 is 0 Å². The van der Waals surface area contributed by atoms with Crippen molar-refractivity contribution < 1.29 is 4.74 Å². The Hall–Kier alpha value is -0.940. The van der Waals surface area contributed by atoms with Crippen molar-refractivity contribution in [2.45, 2.75) is 25.3 Å². The maximum Gasteiger partial charge on any atom is 0.0842 e. The summed E-state index contributed by atoms with van der Waals surface area (Å²) >= 11 is 0. The number of nitrogens with zero attached hydrogens (tertiary/aromatic N) is 3. The van der Waals surface area contributed by atoms with Gasteiger partial charge in [-0.25, -0.2) is 0 Å². The lowest BCUT2D eigenvalue weighted by Gasteiger charge is -2.29. The number of hydrogen-bond donors (Lipinski definition) is 1. The third-order valence-electron chi connectivity index (χ3n) is 3.21. The number of nitrogens with one attached hydrogen (secondary N) is 1. The van der Waals surface area contributed by atoms with Crippen molar-refractivity contribution in [1.82, 2.24) is 20.3 Å². The lowest BCUT2D eigenvalue weighted by molar-refractivity contribution is 0.0403. The standard InChI is InChI=1S/C11H20N4O/c1-12-11(9-4-3-5-16-8-9)6-10-7-15(2)14-13-10/h7,9,11-12H,3-6,8H2,1-2H3. The van der Waals surface area contributed by atoms with Crippen molar-refractivity contribution in [3.05, 3.63) is 11.9 Å². The normalized spacial score (nSPS) is 23.2. The van der Waals surface area contributed by atoms with Crippen LogP contribution in [0.15, 0.2) is 6.20 Å². The highest BCUT2D eigenvalue weighted by atomic mass is 16.5. The summed E-state index contributed by atoms with van der Waals surface area (Å²) in [5.74, 6) is 0.598. The maximum atomic E-state index is 5.53. The van der Waals surface area contributed by atoms with Gasteiger partial charge in [-0.05, 0) is 25.8 Å². The van der Waals surface area contributed by atoms with Crippen LogP contribution in [0.4, 0.5) is 0 Å². The highest BCUT2D eigenvalue weighted by Gasteiger charge is 2.23. The van der Waals surface area contributed by atoms with E-state index in [0.29, 0.717) is 12.0 Å². The van der Waals surface area contributed by atoms with E-state index in [-0.39, 0.29) is 0 Å². The number of ether oxygens (including phenoxy) is 1. The minimum Gasteiger partial charge on any atom is -0.381 e. The van der Waals surface area contributed by atoms with Gasteiger partial charge in [-0.15, -0.1) is 5.10 Å². The van der Waals surface area contributed by atoms with Gasteiger partial charge >= 0.3 is 0 Å². The number of rotatable bonds is 4. The van der Waals surface area contributed by atoms with Crippen LogP contribution in [0.5, 0.6) is 0 Å².